The van der Waals surface area contributed by atoms with Crippen molar-refractivity contribution < 1.29 is 9.53 Å². The fraction of sp³-hybridized carbons (Fsp3) is 0.300. The summed E-state index contributed by atoms with van der Waals surface area (Å²) in [6.07, 6.45) is 0. The zero-order valence-corrected chi connectivity index (χ0v) is 10.2. The van der Waals surface area contributed by atoms with E-state index in [1.54, 1.807) is 7.11 Å². The third-order valence-electron chi connectivity index (χ3n) is 1.89. The smallest absolute Gasteiger partial charge is 0.253 e. The second-order valence-electron chi connectivity index (χ2n) is 3.11. The maximum atomic E-state index is 11.7. The maximum absolute atomic E-state index is 11.7. The van der Waals surface area contributed by atoms with Crippen molar-refractivity contribution >= 4 is 34.8 Å². The molecule has 1 amide bonds. The Hall–Kier alpha value is -0.970. The molecule has 0 bridgehead atoms. The van der Waals surface area contributed by atoms with Gasteiger partial charge in [0.25, 0.3) is 5.91 Å². The van der Waals surface area contributed by atoms with E-state index in [-0.39, 0.29) is 21.5 Å². The number of ether oxygens (including phenoxy) is 1. The van der Waals surface area contributed by atoms with Gasteiger partial charge in [-0.3, -0.25) is 4.79 Å². The predicted molar refractivity (Wildman–Crippen MR) is 65.1 cm³/mol. The lowest BCUT2D eigenvalue weighted by atomic mass is 10.2. The van der Waals surface area contributed by atoms with Gasteiger partial charge in [0, 0.05) is 19.3 Å². The average molecular weight is 263 g/mol. The molecule has 0 unspecified atom stereocenters. The summed E-state index contributed by atoms with van der Waals surface area (Å²) in [4.78, 5) is 11.7. The molecule has 1 aromatic rings. The molecule has 4 nitrogen and oxygen atoms in total. The number of halogens is 2. The Balaban J connectivity index is 2.82. The van der Waals surface area contributed by atoms with Crippen LogP contribution in [0, 0.1) is 0 Å². The Labute approximate surface area is 104 Å². The molecule has 0 fully saturated rings. The molecule has 6 heteroatoms. The van der Waals surface area contributed by atoms with Crippen molar-refractivity contribution in [2.45, 2.75) is 0 Å². The minimum absolute atomic E-state index is 0.200. The van der Waals surface area contributed by atoms with Crippen molar-refractivity contribution in [2.75, 3.05) is 26.0 Å². The van der Waals surface area contributed by atoms with E-state index >= 15 is 0 Å². The fourth-order valence-electron chi connectivity index (χ4n) is 1.14. The van der Waals surface area contributed by atoms with Gasteiger partial charge in [0.05, 0.1) is 22.2 Å². The van der Waals surface area contributed by atoms with Crippen LogP contribution in [0.4, 0.5) is 5.69 Å². The molecule has 0 atom stereocenters. The van der Waals surface area contributed by atoms with Gasteiger partial charge >= 0.3 is 0 Å². The van der Waals surface area contributed by atoms with E-state index < -0.39 is 0 Å². The van der Waals surface area contributed by atoms with E-state index in [1.165, 1.54) is 12.1 Å². The van der Waals surface area contributed by atoms with Crippen LogP contribution in [-0.2, 0) is 4.74 Å². The van der Waals surface area contributed by atoms with Crippen molar-refractivity contribution in [3.8, 4) is 0 Å². The van der Waals surface area contributed by atoms with Crippen molar-refractivity contribution in [3.63, 3.8) is 0 Å². The van der Waals surface area contributed by atoms with Crippen molar-refractivity contribution in [3.05, 3.63) is 27.7 Å². The van der Waals surface area contributed by atoms with E-state index in [9.17, 15) is 4.79 Å². The number of benzene rings is 1. The van der Waals surface area contributed by atoms with Crippen LogP contribution < -0.4 is 11.1 Å². The Morgan fingerprint density at radius 1 is 1.50 bits per heavy atom. The van der Waals surface area contributed by atoms with Crippen LogP contribution in [0.15, 0.2) is 12.1 Å². The number of carbonyl (C=O) groups excluding carboxylic acids is 1. The number of hydrogen-bond donors (Lipinski definition) is 2. The van der Waals surface area contributed by atoms with E-state index in [1.807, 2.05) is 0 Å². The predicted octanol–water partition coefficient (Wildman–Crippen LogP) is 1.95. The molecule has 0 aliphatic carbocycles. The summed E-state index contributed by atoms with van der Waals surface area (Å²) in [5, 5.41) is 3.09. The molecule has 0 saturated heterocycles. The minimum Gasteiger partial charge on any atom is -0.399 e. The van der Waals surface area contributed by atoms with Gasteiger partial charge in [-0.25, -0.2) is 0 Å². The van der Waals surface area contributed by atoms with Crippen LogP contribution >= 0.6 is 23.2 Å². The van der Waals surface area contributed by atoms with Crippen LogP contribution in [0.1, 0.15) is 10.4 Å². The Kier molecular flexibility index (Phi) is 4.86. The molecule has 0 radical (unpaired) electrons. The molecule has 3 N–H and O–H groups in total. The number of rotatable bonds is 4. The number of nitrogens with two attached hydrogens (primary N) is 1. The number of methoxy groups -OCH3 is 1. The zero-order chi connectivity index (χ0) is 12.1. The van der Waals surface area contributed by atoms with Crippen LogP contribution in [0.2, 0.25) is 10.0 Å². The van der Waals surface area contributed by atoms with Crippen molar-refractivity contribution in [1.82, 2.24) is 5.32 Å². The summed E-state index contributed by atoms with van der Waals surface area (Å²) in [5.41, 5.74) is 6.23. The van der Waals surface area contributed by atoms with Crippen LogP contribution in [0.25, 0.3) is 0 Å². The number of amides is 1. The summed E-state index contributed by atoms with van der Waals surface area (Å²) >= 11 is 11.7. The molecule has 88 valence electrons. The average Bonchev–Trinajstić information content (AvgIpc) is 2.23. The van der Waals surface area contributed by atoms with Gasteiger partial charge in [0.2, 0.25) is 0 Å². The quantitative estimate of drug-likeness (QED) is 0.644. The van der Waals surface area contributed by atoms with E-state index in [0.29, 0.717) is 18.8 Å². The number of hydrogen-bond acceptors (Lipinski definition) is 3. The number of carbonyl (C=O) groups is 1. The SMILES string of the molecule is COCCNC(=O)c1cc(N)cc(Cl)c1Cl. The highest BCUT2D eigenvalue weighted by Crippen LogP contribution is 2.28. The maximum Gasteiger partial charge on any atom is 0.253 e. The molecule has 1 rings (SSSR count). The largest absolute Gasteiger partial charge is 0.399 e. The van der Waals surface area contributed by atoms with E-state index in [2.05, 4.69) is 5.32 Å². The minimum atomic E-state index is -0.323. The molecule has 0 spiro atoms. The molecule has 16 heavy (non-hydrogen) atoms. The lowest BCUT2D eigenvalue weighted by Crippen LogP contribution is -2.27. The first-order chi connectivity index (χ1) is 7.56. The molecular formula is C10H12Cl2N2O2. The fourth-order valence-corrected chi connectivity index (χ4v) is 1.56. The molecular weight excluding hydrogens is 251 g/mol. The van der Waals surface area contributed by atoms with Crippen LogP contribution in [-0.4, -0.2) is 26.2 Å². The van der Waals surface area contributed by atoms with E-state index in [4.69, 9.17) is 33.7 Å². The molecule has 0 saturated carbocycles. The number of nitrogen functional groups attached to an aromatic ring is 1. The Morgan fingerprint density at radius 2 is 2.19 bits per heavy atom. The summed E-state index contributed by atoms with van der Waals surface area (Å²) in [5.74, 6) is -0.323. The highest BCUT2D eigenvalue weighted by molar-refractivity contribution is 6.44. The van der Waals surface area contributed by atoms with Crippen molar-refractivity contribution in [1.29, 1.82) is 0 Å². The van der Waals surface area contributed by atoms with Crippen LogP contribution in [0.5, 0.6) is 0 Å². The summed E-state index contributed by atoms with van der Waals surface area (Å²) in [7, 11) is 1.55. The first-order valence-corrected chi connectivity index (χ1v) is 5.33. The van der Waals surface area contributed by atoms with Gasteiger partial charge in [-0.2, -0.15) is 0 Å². The van der Waals surface area contributed by atoms with Gasteiger partial charge in [-0.05, 0) is 12.1 Å². The van der Waals surface area contributed by atoms with Crippen molar-refractivity contribution in [2.24, 2.45) is 0 Å². The lowest BCUT2D eigenvalue weighted by molar-refractivity contribution is 0.0937. The van der Waals surface area contributed by atoms with Gasteiger partial charge in [-0.15, -0.1) is 0 Å². The Morgan fingerprint density at radius 3 is 2.81 bits per heavy atom. The van der Waals surface area contributed by atoms with Gasteiger partial charge in [-0.1, -0.05) is 23.2 Å². The molecule has 1 aromatic carbocycles. The third kappa shape index (κ3) is 3.27. The van der Waals surface area contributed by atoms with Crippen LogP contribution in [0.3, 0.4) is 0 Å². The third-order valence-corrected chi connectivity index (χ3v) is 2.69. The summed E-state index contributed by atoms with van der Waals surface area (Å²) in [6, 6.07) is 2.98. The highest BCUT2D eigenvalue weighted by Gasteiger charge is 2.13. The number of nitrogens with one attached hydrogen (secondary N) is 1. The second kappa shape index (κ2) is 5.94. The Bertz CT molecular complexity index is 397. The monoisotopic (exact) mass is 262 g/mol. The molecule has 0 aliphatic rings. The number of anilines is 1. The standard InChI is InChI=1S/C10H12Cl2N2O2/c1-16-3-2-14-10(15)7-4-6(13)5-8(11)9(7)12/h4-5H,2-3,13H2,1H3,(H,14,15). The topological polar surface area (TPSA) is 64.3 Å². The van der Waals surface area contributed by atoms with Gasteiger partial charge < -0.3 is 15.8 Å². The van der Waals surface area contributed by atoms with Gasteiger partial charge in [0.1, 0.15) is 0 Å². The summed E-state index contributed by atoms with van der Waals surface area (Å²) < 4.78 is 4.81. The first-order valence-electron chi connectivity index (χ1n) is 4.58. The lowest BCUT2D eigenvalue weighted by Gasteiger charge is -2.08. The summed E-state index contributed by atoms with van der Waals surface area (Å²) in [6.45, 7) is 0.831. The first kappa shape index (κ1) is 13.1. The van der Waals surface area contributed by atoms with E-state index in [0.717, 1.165) is 0 Å². The highest BCUT2D eigenvalue weighted by atomic mass is 35.5. The second-order valence-corrected chi connectivity index (χ2v) is 3.90. The molecule has 0 aliphatic heterocycles. The van der Waals surface area contributed by atoms with Gasteiger partial charge in [0.15, 0.2) is 0 Å². The molecule has 0 heterocycles. The normalized spacial score (nSPS) is 10.2. The zero-order valence-electron chi connectivity index (χ0n) is 8.72. The molecule has 0 aromatic heterocycles.